The third-order valence-electron chi connectivity index (χ3n) is 3.08. The highest BCUT2D eigenvalue weighted by Crippen LogP contribution is 2.23. The van der Waals surface area contributed by atoms with Gasteiger partial charge in [-0.15, -0.1) is 11.3 Å². The summed E-state index contributed by atoms with van der Waals surface area (Å²) < 4.78 is 0. The van der Waals surface area contributed by atoms with Gasteiger partial charge in [-0.1, -0.05) is 0 Å². The van der Waals surface area contributed by atoms with E-state index in [2.05, 4.69) is 27.0 Å². The molecule has 0 radical (unpaired) electrons. The first-order valence-corrected chi connectivity index (χ1v) is 7.32. The second-order valence-electron chi connectivity index (χ2n) is 4.66. The van der Waals surface area contributed by atoms with Gasteiger partial charge >= 0.3 is 0 Å². The topological polar surface area (TPSA) is 61.4 Å². The number of nitrogens with zero attached hydrogens (tertiary/aromatic N) is 1. The van der Waals surface area contributed by atoms with Crippen LogP contribution in [0.2, 0.25) is 0 Å². The van der Waals surface area contributed by atoms with E-state index in [4.69, 9.17) is 0 Å². The molecule has 6 heteroatoms. The van der Waals surface area contributed by atoms with Crippen molar-refractivity contribution in [1.82, 2.24) is 15.5 Å². The predicted octanol–water partition coefficient (Wildman–Crippen LogP) is 0.358. The van der Waals surface area contributed by atoms with Crippen LogP contribution in [-0.4, -0.2) is 42.9 Å². The van der Waals surface area contributed by atoms with Gasteiger partial charge in [-0.3, -0.25) is 14.5 Å². The highest BCUT2D eigenvalue weighted by atomic mass is 32.1. The van der Waals surface area contributed by atoms with E-state index in [1.165, 1.54) is 17.4 Å². The molecular formula is C13H19N3O2S. The first-order valence-electron chi connectivity index (χ1n) is 6.44. The Bertz CT molecular complexity index is 458. The normalized spacial score (nSPS) is 14.8. The van der Waals surface area contributed by atoms with Gasteiger partial charge in [0.05, 0.1) is 6.54 Å². The smallest absolute Gasteiger partial charge is 0.234 e. The minimum Gasteiger partial charge on any atom is -0.355 e. The fourth-order valence-electron chi connectivity index (χ4n) is 2.14. The minimum absolute atomic E-state index is 0.0176. The van der Waals surface area contributed by atoms with Crippen LogP contribution >= 0.6 is 11.3 Å². The van der Waals surface area contributed by atoms with E-state index in [1.54, 1.807) is 11.3 Å². The second kappa shape index (κ2) is 6.68. The highest BCUT2D eigenvalue weighted by molar-refractivity contribution is 7.10. The molecule has 1 aromatic heterocycles. The Labute approximate surface area is 117 Å². The average Bonchev–Trinajstić information content (AvgIpc) is 2.82. The van der Waals surface area contributed by atoms with Crippen LogP contribution in [-0.2, 0) is 22.6 Å². The third kappa shape index (κ3) is 4.33. The van der Waals surface area contributed by atoms with Gasteiger partial charge in [-0.25, -0.2) is 0 Å². The number of thiophene rings is 1. The molecular weight excluding hydrogens is 262 g/mol. The Kier molecular flexibility index (Phi) is 4.93. The summed E-state index contributed by atoms with van der Waals surface area (Å²) in [6, 6.07) is 2.14. The molecule has 0 atom stereocenters. The van der Waals surface area contributed by atoms with Crippen LogP contribution in [0.5, 0.6) is 0 Å². The van der Waals surface area contributed by atoms with Crippen molar-refractivity contribution in [2.24, 2.45) is 0 Å². The summed E-state index contributed by atoms with van der Waals surface area (Å²) in [4.78, 5) is 26.0. The third-order valence-corrected chi connectivity index (χ3v) is 4.10. The number of carbonyl (C=O) groups excluding carboxylic acids is 2. The lowest BCUT2D eigenvalue weighted by atomic mass is 10.1. The van der Waals surface area contributed by atoms with Crippen molar-refractivity contribution in [3.05, 3.63) is 21.9 Å². The van der Waals surface area contributed by atoms with Crippen LogP contribution in [0.1, 0.15) is 17.4 Å². The van der Waals surface area contributed by atoms with Crippen LogP contribution < -0.4 is 10.6 Å². The van der Waals surface area contributed by atoms with Crippen molar-refractivity contribution >= 4 is 23.2 Å². The van der Waals surface area contributed by atoms with E-state index in [-0.39, 0.29) is 11.8 Å². The summed E-state index contributed by atoms with van der Waals surface area (Å²) in [5, 5.41) is 7.57. The molecule has 19 heavy (non-hydrogen) atoms. The molecule has 0 spiro atoms. The molecule has 0 saturated carbocycles. The van der Waals surface area contributed by atoms with Crippen molar-refractivity contribution in [3.8, 4) is 0 Å². The summed E-state index contributed by atoms with van der Waals surface area (Å²) in [7, 11) is 0. The van der Waals surface area contributed by atoms with Crippen molar-refractivity contribution in [3.63, 3.8) is 0 Å². The molecule has 0 unspecified atom stereocenters. The fraction of sp³-hybridized carbons (Fsp3) is 0.538. The van der Waals surface area contributed by atoms with Crippen LogP contribution in [0.3, 0.4) is 0 Å². The summed E-state index contributed by atoms with van der Waals surface area (Å²) in [5.41, 5.74) is 1.35. The van der Waals surface area contributed by atoms with Crippen molar-refractivity contribution < 1.29 is 9.59 Å². The molecule has 2 rings (SSSR count). The van der Waals surface area contributed by atoms with Gasteiger partial charge in [0.15, 0.2) is 0 Å². The molecule has 1 aliphatic rings. The lowest BCUT2D eigenvalue weighted by Gasteiger charge is -2.26. The predicted molar refractivity (Wildman–Crippen MR) is 75.0 cm³/mol. The molecule has 0 saturated heterocycles. The fourth-order valence-corrected chi connectivity index (χ4v) is 3.03. The van der Waals surface area contributed by atoms with Crippen LogP contribution in [0.15, 0.2) is 11.4 Å². The molecule has 2 amide bonds. The molecule has 2 N–H and O–H groups in total. The Balaban J connectivity index is 1.68. The average molecular weight is 281 g/mol. The standard InChI is InChI=1S/C13H19N3O2S/c1-10(17)14-4-5-15-13(18)9-16-6-2-12-11(8-16)3-7-19-12/h3,7H,2,4-6,8-9H2,1H3,(H,14,17)(H,15,18). The van der Waals surface area contributed by atoms with Crippen molar-refractivity contribution in [2.45, 2.75) is 19.9 Å². The first-order chi connectivity index (χ1) is 9.15. The van der Waals surface area contributed by atoms with Crippen LogP contribution in [0, 0.1) is 0 Å². The summed E-state index contributed by atoms with van der Waals surface area (Å²) >= 11 is 1.80. The van der Waals surface area contributed by atoms with Gasteiger partial charge < -0.3 is 10.6 Å². The molecule has 104 valence electrons. The maximum Gasteiger partial charge on any atom is 0.234 e. The van der Waals surface area contributed by atoms with Gasteiger partial charge in [-0.2, -0.15) is 0 Å². The van der Waals surface area contributed by atoms with E-state index in [1.807, 2.05) is 0 Å². The summed E-state index contributed by atoms with van der Waals surface area (Å²) in [5.74, 6) is -0.0562. The van der Waals surface area contributed by atoms with Crippen molar-refractivity contribution in [1.29, 1.82) is 0 Å². The summed E-state index contributed by atoms with van der Waals surface area (Å²) in [6.45, 7) is 4.65. The zero-order valence-electron chi connectivity index (χ0n) is 11.1. The first kappa shape index (κ1) is 14.0. The molecule has 5 nitrogen and oxygen atoms in total. The number of rotatable bonds is 5. The zero-order chi connectivity index (χ0) is 13.7. The number of fused-ring (bicyclic) bond motifs is 1. The lowest BCUT2D eigenvalue weighted by Crippen LogP contribution is -2.41. The summed E-state index contributed by atoms with van der Waals surface area (Å²) in [6.07, 6.45) is 1.03. The molecule has 0 aliphatic carbocycles. The quantitative estimate of drug-likeness (QED) is 0.766. The maximum atomic E-state index is 11.7. The molecule has 1 aromatic rings. The van der Waals surface area contributed by atoms with Gasteiger partial charge in [0.1, 0.15) is 0 Å². The van der Waals surface area contributed by atoms with Crippen LogP contribution in [0.4, 0.5) is 0 Å². The SMILES string of the molecule is CC(=O)NCCNC(=O)CN1CCc2sccc2C1. The highest BCUT2D eigenvalue weighted by Gasteiger charge is 2.18. The van der Waals surface area contributed by atoms with Gasteiger partial charge in [-0.05, 0) is 23.4 Å². The van der Waals surface area contributed by atoms with E-state index in [0.29, 0.717) is 19.6 Å². The molecule has 0 aromatic carbocycles. The number of hydrogen-bond donors (Lipinski definition) is 2. The van der Waals surface area contributed by atoms with E-state index in [9.17, 15) is 9.59 Å². The Morgan fingerprint density at radius 3 is 2.95 bits per heavy atom. The van der Waals surface area contributed by atoms with E-state index < -0.39 is 0 Å². The van der Waals surface area contributed by atoms with Gasteiger partial charge in [0.2, 0.25) is 11.8 Å². The second-order valence-corrected chi connectivity index (χ2v) is 5.66. The minimum atomic E-state index is -0.0738. The molecule has 0 fully saturated rings. The Hall–Kier alpha value is -1.40. The molecule has 2 heterocycles. The van der Waals surface area contributed by atoms with E-state index >= 15 is 0 Å². The number of nitrogens with one attached hydrogen (secondary N) is 2. The van der Waals surface area contributed by atoms with Gasteiger partial charge in [0, 0.05) is 38.0 Å². The molecule has 0 bridgehead atoms. The van der Waals surface area contributed by atoms with Crippen LogP contribution in [0.25, 0.3) is 0 Å². The zero-order valence-corrected chi connectivity index (χ0v) is 11.9. The Morgan fingerprint density at radius 1 is 1.37 bits per heavy atom. The largest absolute Gasteiger partial charge is 0.355 e. The monoisotopic (exact) mass is 281 g/mol. The van der Waals surface area contributed by atoms with Gasteiger partial charge in [0.25, 0.3) is 0 Å². The number of hydrogen-bond acceptors (Lipinski definition) is 4. The lowest BCUT2D eigenvalue weighted by molar-refractivity contribution is -0.123. The van der Waals surface area contributed by atoms with Crippen molar-refractivity contribution in [2.75, 3.05) is 26.2 Å². The van der Waals surface area contributed by atoms with E-state index in [0.717, 1.165) is 19.5 Å². The maximum absolute atomic E-state index is 11.7. The Morgan fingerprint density at radius 2 is 2.16 bits per heavy atom. The number of amides is 2. The number of carbonyl (C=O) groups is 2. The molecule has 1 aliphatic heterocycles.